The summed E-state index contributed by atoms with van der Waals surface area (Å²) in [6.07, 6.45) is 1.49. The number of fused-ring (bicyclic) bond motifs is 1. The maximum Gasteiger partial charge on any atom is 0.189 e. The highest BCUT2D eigenvalue weighted by molar-refractivity contribution is 7.22. The summed E-state index contributed by atoms with van der Waals surface area (Å²) in [4.78, 5) is 13.2. The van der Waals surface area contributed by atoms with Gasteiger partial charge in [-0.05, 0) is 42.2 Å². The molecule has 28 heavy (non-hydrogen) atoms. The van der Waals surface area contributed by atoms with Crippen molar-refractivity contribution in [1.82, 2.24) is 15.0 Å². The van der Waals surface area contributed by atoms with Crippen LogP contribution in [0.5, 0.6) is 0 Å². The van der Waals surface area contributed by atoms with Gasteiger partial charge in [-0.3, -0.25) is 0 Å². The zero-order valence-corrected chi connectivity index (χ0v) is 16.8. The number of benzene rings is 2. The van der Waals surface area contributed by atoms with E-state index < -0.39 is 0 Å². The number of nitrogens with zero attached hydrogens (tertiary/aromatic N) is 3. The second-order valence-electron chi connectivity index (χ2n) is 6.95. The lowest BCUT2D eigenvalue weighted by atomic mass is 10.0. The van der Waals surface area contributed by atoms with Crippen molar-refractivity contribution in [3.63, 3.8) is 0 Å². The molecular formula is C21H22N6S. The third-order valence-electron chi connectivity index (χ3n) is 4.57. The van der Waals surface area contributed by atoms with Gasteiger partial charge in [0.1, 0.15) is 12.0 Å². The van der Waals surface area contributed by atoms with Crippen LogP contribution in [0, 0.1) is 6.92 Å². The molecule has 0 saturated heterocycles. The summed E-state index contributed by atoms with van der Waals surface area (Å²) in [7, 11) is 0. The number of nitrogens with two attached hydrogens (primary N) is 1. The molecule has 4 aromatic rings. The summed E-state index contributed by atoms with van der Waals surface area (Å²) in [5.74, 6) is 1.59. The number of nitrogens with one attached hydrogen (secondary N) is 2. The summed E-state index contributed by atoms with van der Waals surface area (Å²) in [6, 6.07) is 14.4. The van der Waals surface area contributed by atoms with E-state index in [4.69, 9.17) is 5.73 Å². The SMILES string of the molecule is Cc1cccc2sc(Nc3ncnc(Nc4ccc(C(C)C)cc4)c3N)nc12. The van der Waals surface area contributed by atoms with Gasteiger partial charge in [-0.2, -0.15) is 0 Å². The molecule has 0 unspecified atom stereocenters. The third kappa shape index (κ3) is 3.61. The Labute approximate surface area is 167 Å². The molecule has 0 aliphatic rings. The summed E-state index contributed by atoms with van der Waals surface area (Å²) >= 11 is 1.57. The first kappa shape index (κ1) is 18.2. The van der Waals surface area contributed by atoms with E-state index in [9.17, 15) is 0 Å². The number of hydrogen-bond donors (Lipinski definition) is 3. The number of aryl methyl sites for hydroxylation is 1. The lowest BCUT2D eigenvalue weighted by Gasteiger charge is -2.12. The molecule has 142 valence electrons. The Morgan fingerprint density at radius 3 is 2.36 bits per heavy atom. The van der Waals surface area contributed by atoms with Crippen LogP contribution in [-0.2, 0) is 0 Å². The summed E-state index contributed by atoms with van der Waals surface area (Å²) in [6.45, 7) is 6.40. The maximum atomic E-state index is 6.31. The van der Waals surface area contributed by atoms with Crippen molar-refractivity contribution in [1.29, 1.82) is 0 Å². The molecular weight excluding hydrogens is 368 g/mol. The summed E-state index contributed by atoms with van der Waals surface area (Å²) in [5.41, 5.74) is 11.1. The van der Waals surface area contributed by atoms with Gasteiger partial charge in [0.25, 0.3) is 0 Å². The largest absolute Gasteiger partial charge is 0.393 e. The molecule has 0 aliphatic carbocycles. The quantitative estimate of drug-likeness (QED) is 0.412. The van der Waals surface area contributed by atoms with Gasteiger partial charge in [-0.15, -0.1) is 0 Å². The van der Waals surface area contributed by atoms with Crippen LogP contribution < -0.4 is 16.4 Å². The zero-order chi connectivity index (χ0) is 19.7. The van der Waals surface area contributed by atoms with Gasteiger partial charge in [0.15, 0.2) is 16.8 Å². The van der Waals surface area contributed by atoms with Gasteiger partial charge in [-0.1, -0.05) is 49.4 Å². The minimum atomic E-state index is 0.450. The molecule has 0 spiro atoms. The number of aromatic nitrogens is 3. The summed E-state index contributed by atoms with van der Waals surface area (Å²) < 4.78 is 1.12. The maximum absolute atomic E-state index is 6.31. The van der Waals surface area contributed by atoms with Crippen LogP contribution in [0.4, 0.5) is 28.1 Å². The van der Waals surface area contributed by atoms with Crippen molar-refractivity contribution in [2.45, 2.75) is 26.7 Å². The lowest BCUT2D eigenvalue weighted by molar-refractivity contribution is 0.867. The van der Waals surface area contributed by atoms with E-state index in [2.05, 4.69) is 70.6 Å². The van der Waals surface area contributed by atoms with Crippen molar-refractivity contribution < 1.29 is 0 Å². The molecule has 0 aliphatic heterocycles. The minimum absolute atomic E-state index is 0.450. The van der Waals surface area contributed by atoms with Gasteiger partial charge < -0.3 is 16.4 Å². The second kappa shape index (κ2) is 7.44. The molecule has 0 atom stereocenters. The Kier molecular flexibility index (Phi) is 4.83. The predicted octanol–water partition coefficient (Wildman–Crippen LogP) is 5.59. The van der Waals surface area contributed by atoms with Gasteiger partial charge in [0.05, 0.1) is 10.2 Å². The highest BCUT2D eigenvalue weighted by atomic mass is 32.1. The molecule has 0 amide bonds. The molecule has 2 aromatic heterocycles. The first-order chi connectivity index (χ1) is 13.5. The Morgan fingerprint density at radius 1 is 0.964 bits per heavy atom. The standard InChI is InChI=1S/C21H22N6S/c1-12(2)14-7-9-15(10-8-14)25-19-17(22)20(24-11-23-19)27-21-26-18-13(3)5-4-6-16(18)28-21/h4-12H,22H2,1-3H3,(H2,23,24,25,26,27). The number of hydrogen-bond acceptors (Lipinski definition) is 7. The normalized spacial score (nSPS) is 11.1. The topological polar surface area (TPSA) is 88.8 Å². The van der Waals surface area contributed by atoms with E-state index in [0.717, 1.165) is 26.6 Å². The van der Waals surface area contributed by atoms with E-state index in [1.54, 1.807) is 11.3 Å². The van der Waals surface area contributed by atoms with Gasteiger partial charge >= 0.3 is 0 Å². The highest BCUT2D eigenvalue weighted by Gasteiger charge is 2.12. The van der Waals surface area contributed by atoms with Crippen LogP contribution in [0.3, 0.4) is 0 Å². The van der Waals surface area contributed by atoms with E-state index >= 15 is 0 Å². The van der Waals surface area contributed by atoms with Crippen molar-refractivity contribution in [2.24, 2.45) is 0 Å². The van der Waals surface area contributed by atoms with Gasteiger partial charge in [-0.25, -0.2) is 15.0 Å². The van der Waals surface area contributed by atoms with Gasteiger partial charge in [0.2, 0.25) is 0 Å². The molecule has 7 heteroatoms. The number of para-hydroxylation sites is 1. The first-order valence-electron chi connectivity index (χ1n) is 9.12. The minimum Gasteiger partial charge on any atom is -0.393 e. The van der Waals surface area contributed by atoms with Crippen molar-refractivity contribution in [3.8, 4) is 0 Å². The van der Waals surface area contributed by atoms with Crippen LogP contribution in [-0.4, -0.2) is 15.0 Å². The molecule has 2 heterocycles. The fourth-order valence-corrected chi connectivity index (χ4v) is 3.87. The Balaban J connectivity index is 1.58. The Bertz CT molecular complexity index is 1120. The monoisotopic (exact) mass is 390 g/mol. The van der Waals surface area contributed by atoms with Crippen molar-refractivity contribution in [3.05, 3.63) is 59.9 Å². The van der Waals surface area contributed by atoms with Crippen LogP contribution in [0.2, 0.25) is 0 Å². The van der Waals surface area contributed by atoms with Gasteiger partial charge in [0, 0.05) is 5.69 Å². The first-order valence-corrected chi connectivity index (χ1v) is 9.93. The van der Waals surface area contributed by atoms with E-state index in [-0.39, 0.29) is 0 Å². The zero-order valence-electron chi connectivity index (χ0n) is 16.0. The number of nitrogen functional groups attached to an aromatic ring is 1. The Hall–Kier alpha value is -3.19. The third-order valence-corrected chi connectivity index (χ3v) is 5.51. The number of thiazole rings is 1. The second-order valence-corrected chi connectivity index (χ2v) is 7.98. The molecule has 0 bridgehead atoms. The molecule has 4 rings (SSSR count). The number of rotatable bonds is 5. The fraction of sp³-hybridized carbons (Fsp3) is 0.190. The van der Waals surface area contributed by atoms with E-state index in [1.807, 2.05) is 18.2 Å². The van der Waals surface area contributed by atoms with Crippen LogP contribution in [0.15, 0.2) is 48.8 Å². The lowest BCUT2D eigenvalue weighted by Crippen LogP contribution is -2.05. The molecule has 6 nitrogen and oxygen atoms in total. The molecule has 0 fully saturated rings. The van der Waals surface area contributed by atoms with Crippen LogP contribution in [0.25, 0.3) is 10.2 Å². The summed E-state index contributed by atoms with van der Waals surface area (Å²) in [5, 5.41) is 7.25. The number of anilines is 5. The predicted molar refractivity (Wildman–Crippen MR) is 118 cm³/mol. The average molecular weight is 391 g/mol. The molecule has 2 aromatic carbocycles. The van der Waals surface area contributed by atoms with Crippen molar-refractivity contribution >= 4 is 49.7 Å². The van der Waals surface area contributed by atoms with Crippen LogP contribution in [0.1, 0.15) is 30.9 Å². The van der Waals surface area contributed by atoms with E-state index in [1.165, 1.54) is 11.9 Å². The smallest absolute Gasteiger partial charge is 0.189 e. The molecule has 4 N–H and O–H groups in total. The highest BCUT2D eigenvalue weighted by Crippen LogP contribution is 2.33. The molecule has 0 saturated carbocycles. The van der Waals surface area contributed by atoms with Crippen LogP contribution >= 0.6 is 11.3 Å². The average Bonchev–Trinajstić information content (AvgIpc) is 3.09. The molecule has 0 radical (unpaired) electrons. The fourth-order valence-electron chi connectivity index (χ4n) is 2.92. The van der Waals surface area contributed by atoms with E-state index in [0.29, 0.717) is 23.2 Å². The Morgan fingerprint density at radius 2 is 1.68 bits per heavy atom. The van der Waals surface area contributed by atoms with Crippen molar-refractivity contribution in [2.75, 3.05) is 16.4 Å².